The summed E-state index contributed by atoms with van der Waals surface area (Å²) in [5.41, 5.74) is 2.20. The first-order valence-corrected chi connectivity index (χ1v) is 12.9. The molecule has 1 aliphatic heterocycles. The van der Waals surface area contributed by atoms with Gasteiger partial charge in [0.1, 0.15) is 6.04 Å². The molecule has 2 aromatic carbocycles. The van der Waals surface area contributed by atoms with Crippen molar-refractivity contribution in [1.82, 2.24) is 9.62 Å². The summed E-state index contributed by atoms with van der Waals surface area (Å²) in [6.45, 7) is 9.41. The Morgan fingerprint density at radius 2 is 1.72 bits per heavy atom. The number of rotatable bonds is 6. The van der Waals surface area contributed by atoms with Crippen LogP contribution < -0.4 is 4.72 Å². The number of carbonyl (C=O) groups is 1. The van der Waals surface area contributed by atoms with E-state index in [1.54, 1.807) is 24.3 Å². The third-order valence-corrected chi connectivity index (χ3v) is 8.39. The predicted octanol–water partition coefficient (Wildman–Crippen LogP) is 4.31. The predicted molar refractivity (Wildman–Crippen MR) is 127 cm³/mol. The molecule has 5 nitrogen and oxygen atoms in total. The van der Waals surface area contributed by atoms with Crippen molar-refractivity contribution in [2.45, 2.75) is 70.4 Å². The lowest BCUT2D eigenvalue weighted by Crippen LogP contribution is -2.51. The van der Waals surface area contributed by atoms with Crippen molar-refractivity contribution in [2.75, 3.05) is 6.54 Å². The molecule has 2 fully saturated rings. The van der Waals surface area contributed by atoms with Crippen molar-refractivity contribution < 1.29 is 13.2 Å². The van der Waals surface area contributed by atoms with Gasteiger partial charge in [-0.2, -0.15) is 4.72 Å². The van der Waals surface area contributed by atoms with Crippen LogP contribution in [0.4, 0.5) is 0 Å². The van der Waals surface area contributed by atoms with Crippen molar-refractivity contribution >= 4 is 15.9 Å². The third kappa shape index (κ3) is 4.91. The average molecular weight is 455 g/mol. The molecule has 0 aromatic heterocycles. The highest BCUT2D eigenvalue weighted by Crippen LogP contribution is 2.52. The molecular formula is C26H34N2O3S. The van der Waals surface area contributed by atoms with Crippen molar-refractivity contribution in [2.24, 2.45) is 10.8 Å². The van der Waals surface area contributed by atoms with E-state index in [4.69, 9.17) is 0 Å². The summed E-state index contributed by atoms with van der Waals surface area (Å²) in [7, 11) is -3.83. The van der Waals surface area contributed by atoms with Crippen molar-refractivity contribution in [3.8, 4) is 0 Å². The molecule has 1 saturated heterocycles. The zero-order valence-corrected chi connectivity index (χ0v) is 20.3. The van der Waals surface area contributed by atoms with Crippen LogP contribution in [-0.4, -0.2) is 37.9 Å². The smallest absolute Gasteiger partial charge is 0.241 e. The third-order valence-electron chi connectivity index (χ3n) is 6.91. The number of fused-ring (bicyclic) bond motifs is 2. The van der Waals surface area contributed by atoms with E-state index in [2.05, 4.69) is 25.5 Å². The van der Waals surface area contributed by atoms with Gasteiger partial charge in [0.05, 0.1) is 4.90 Å². The Morgan fingerprint density at radius 3 is 2.38 bits per heavy atom. The van der Waals surface area contributed by atoms with Crippen LogP contribution in [0.5, 0.6) is 0 Å². The summed E-state index contributed by atoms with van der Waals surface area (Å²) in [6.07, 6.45) is 3.36. The van der Waals surface area contributed by atoms with Gasteiger partial charge in [0, 0.05) is 12.6 Å². The Balaban J connectivity index is 1.62. The molecule has 1 saturated carbocycles. The van der Waals surface area contributed by atoms with Gasteiger partial charge in [-0.15, -0.1) is 0 Å². The van der Waals surface area contributed by atoms with Gasteiger partial charge in [0.2, 0.25) is 15.9 Å². The van der Waals surface area contributed by atoms with Crippen molar-refractivity contribution in [1.29, 1.82) is 0 Å². The molecule has 4 rings (SSSR count). The summed E-state index contributed by atoms with van der Waals surface area (Å²) in [5, 5.41) is 0. The first-order valence-electron chi connectivity index (χ1n) is 11.4. The molecule has 1 N–H and O–H groups in total. The molecule has 2 aromatic rings. The van der Waals surface area contributed by atoms with E-state index in [1.165, 1.54) is 0 Å². The van der Waals surface area contributed by atoms with Crippen molar-refractivity contribution in [3.63, 3.8) is 0 Å². The topological polar surface area (TPSA) is 66.5 Å². The van der Waals surface area contributed by atoms with Gasteiger partial charge in [0.15, 0.2) is 0 Å². The molecule has 172 valence electrons. The second-order valence-electron chi connectivity index (χ2n) is 10.9. The SMILES string of the molecule is Cc1ccc(S(=O)(=O)NC(Cc2ccccc2)C(=O)N2CC3(C)CC2CC(C)(C)C3)cc1. The maximum Gasteiger partial charge on any atom is 0.241 e. The molecule has 2 bridgehead atoms. The number of nitrogens with one attached hydrogen (secondary N) is 1. The lowest BCUT2D eigenvalue weighted by atomic mass is 9.65. The Kier molecular flexibility index (Phi) is 5.97. The van der Waals surface area contributed by atoms with Gasteiger partial charge in [-0.25, -0.2) is 8.42 Å². The van der Waals surface area contributed by atoms with Gasteiger partial charge in [-0.1, -0.05) is 68.8 Å². The number of hydrogen-bond acceptors (Lipinski definition) is 3. The lowest BCUT2D eigenvalue weighted by Gasteiger charge is -2.39. The fourth-order valence-corrected chi connectivity index (χ4v) is 7.11. The molecule has 6 heteroatoms. The summed E-state index contributed by atoms with van der Waals surface area (Å²) in [4.78, 5) is 15.9. The number of hydrogen-bond donors (Lipinski definition) is 1. The Morgan fingerprint density at radius 1 is 1.06 bits per heavy atom. The van der Waals surface area contributed by atoms with E-state index in [0.717, 1.165) is 30.4 Å². The average Bonchev–Trinajstić information content (AvgIpc) is 2.96. The van der Waals surface area contributed by atoms with E-state index in [9.17, 15) is 13.2 Å². The zero-order chi connectivity index (χ0) is 23.1. The Labute approximate surface area is 192 Å². The highest BCUT2D eigenvalue weighted by Gasteiger charge is 2.51. The summed E-state index contributed by atoms with van der Waals surface area (Å²) >= 11 is 0. The van der Waals surface area contributed by atoms with E-state index < -0.39 is 16.1 Å². The molecule has 3 atom stereocenters. The largest absolute Gasteiger partial charge is 0.338 e. The maximum atomic E-state index is 13.8. The number of aryl methyl sites for hydroxylation is 1. The quantitative estimate of drug-likeness (QED) is 0.707. The highest BCUT2D eigenvalue weighted by molar-refractivity contribution is 7.89. The fraction of sp³-hybridized carbons (Fsp3) is 0.500. The molecule has 0 spiro atoms. The van der Waals surface area contributed by atoms with Crippen LogP contribution in [0.3, 0.4) is 0 Å². The normalized spacial score (nSPS) is 25.5. The van der Waals surface area contributed by atoms with Gasteiger partial charge in [-0.3, -0.25) is 4.79 Å². The molecule has 1 heterocycles. The van der Waals surface area contributed by atoms with Crippen LogP contribution in [0.2, 0.25) is 0 Å². The Hall–Kier alpha value is -2.18. The number of amides is 1. The minimum Gasteiger partial charge on any atom is -0.338 e. The zero-order valence-electron chi connectivity index (χ0n) is 19.5. The number of carbonyl (C=O) groups excluding carboxylic acids is 1. The van der Waals surface area contributed by atoms with E-state index >= 15 is 0 Å². The van der Waals surface area contributed by atoms with Crippen LogP contribution in [0.25, 0.3) is 0 Å². The maximum absolute atomic E-state index is 13.8. The minimum atomic E-state index is -3.83. The molecule has 32 heavy (non-hydrogen) atoms. The first-order chi connectivity index (χ1) is 15.0. The number of benzene rings is 2. The number of sulfonamides is 1. The van der Waals surface area contributed by atoms with Crippen LogP contribution in [0.15, 0.2) is 59.5 Å². The monoisotopic (exact) mass is 454 g/mol. The fourth-order valence-electron chi connectivity index (χ4n) is 5.92. The molecule has 0 radical (unpaired) electrons. The van der Waals surface area contributed by atoms with Crippen molar-refractivity contribution in [3.05, 3.63) is 65.7 Å². The van der Waals surface area contributed by atoms with Gasteiger partial charge >= 0.3 is 0 Å². The van der Waals surface area contributed by atoms with Gasteiger partial charge in [-0.05, 0) is 61.1 Å². The van der Waals surface area contributed by atoms with Crippen LogP contribution in [0, 0.1) is 17.8 Å². The summed E-state index contributed by atoms with van der Waals surface area (Å²) in [5.74, 6) is -0.115. The highest BCUT2D eigenvalue weighted by atomic mass is 32.2. The standard InChI is InChI=1S/C26H34N2O3S/c1-19-10-12-22(13-11-19)32(30,31)27-23(14-20-8-6-5-7-9-20)24(29)28-18-26(4)16-21(28)15-25(2,3)17-26/h5-13,21,23,27H,14-18H2,1-4H3. The van der Waals surface area contributed by atoms with E-state index in [0.29, 0.717) is 13.0 Å². The van der Waals surface area contributed by atoms with Crippen LogP contribution in [0.1, 0.15) is 51.2 Å². The second kappa shape index (κ2) is 8.31. The second-order valence-corrected chi connectivity index (χ2v) is 12.6. The first kappa shape index (κ1) is 23.0. The molecule has 3 unspecified atom stereocenters. The Bertz CT molecular complexity index is 1080. The molecule has 1 amide bonds. The van der Waals surface area contributed by atoms with E-state index in [-0.39, 0.29) is 27.7 Å². The number of likely N-dealkylation sites (tertiary alicyclic amines) is 1. The summed E-state index contributed by atoms with van der Waals surface area (Å²) in [6, 6.07) is 15.7. The van der Waals surface area contributed by atoms with Gasteiger partial charge in [0.25, 0.3) is 0 Å². The minimum absolute atomic E-state index is 0.0925. The van der Waals surface area contributed by atoms with Gasteiger partial charge < -0.3 is 4.90 Å². The van der Waals surface area contributed by atoms with Crippen LogP contribution >= 0.6 is 0 Å². The molecular weight excluding hydrogens is 420 g/mol. The van der Waals surface area contributed by atoms with E-state index in [1.807, 2.05) is 42.2 Å². The lowest BCUT2D eigenvalue weighted by molar-refractivity contribution is -0.134. The molecule has 1 aliphatic carbocycles. The van der Waals surface area contributed by atoms with Crippen LogP contribution in [-0.2, 0) is 21.2 Å². The summed E-state index contributed by atoms with van der Waals surface area (Å²) < 4.78 is 29.1. The number of nitrogens with zero attached hydrogens (tertiary/aromatic N) is 1. The molecule has 2 aliphatic rings.